The molecule has 0 atom stereocenters. The molecule has 0 unspecified atom stereocenters. The summed E-state index contributed by atoms with van der Waals surface area (Å²) >= 11 is 0. The zero-order chi connectivity index (χ0) is 14.0. The Balaban J connectivity index is 2.20. The Morgan fingerprint density at radius 2 is 2.11 bits per heavy atom. The van der Waals surface area contributed by atoms with Crippen LogP contribution in [-0.4, -0.2) is 5.97 Å². The van der Waals surface area contributed by atoms with Crippen molar-refractivity contribution in [1.82, 2.24) is 0 Å². The molecule has 1 aliphatic rings. The number of carbonyl (C=O) groups is 1. The third kappa shape index (κ3) is 2.87. The first-order chi connectivity index (χ1) is 8.92. The molecule has 0 amide bonds. The van der Waals surface area contributed by atoms with Gasteiger partial charge in [0.25, 0.3) is 0 Å². The second-order valence-corrected chi connectivity index (χ2v) is 5.23. The van der Waals surface area contributed by atoms with E-state index in [2.05, 4.69) is 6.58 Å². The van der Waals surface area contributed by atoms with Gasteiger partial charge >= 0.3 is 5.97 Å². The SMILES string of the molecule is C=C1C=Cc2ccc(OC(=O)C(C)(C)CC)cc2O1. The molecule has 19 heavy (non-hydrogen) atoms. The van der Waals surface area contributed by atoms with Gasteiger partial charge in [-0.1, -0.05) is 13.5 Å². The van der Waals surface area contributed by atoms with Crippen LogP contribution in [0.4, 0.5) is 0 Å². The number of esters is 1. The van der Waals surface area contributed by atoms with E-state index >= 15 is 0 Å². The van der Waals surface area contributed by atoms with E-state index in [-0.39, 0.29) is 5.97 Å². The zero-order valence-corrected chi connectivity index (χ0v) is 11.5. The Hall–Kier alpha value is -2.03. The van der Waals surface area contributed by atoms with Crippen LogP contribution in [0.5, 0.6) is 11.5 Å². The van der Waals surface area contributed by atoms with Crippen molar-refractivity contribution >= 4 is 12.0 Å². The summed E-state index contributed by atoms with van der Waals surface area (Å²) in [5.74, 6) is 1.49. The van der Waals surface area contributed by atoms with Crippen molar-refractivity contribution in [2.45, 2.75) is 27.2 Å². The highest BCUT2D eigenvalue weighted by Gasteiger charge is 2.27. The van der Waals surface area contributed by atoms with Crippen LogP contribution >= 0.6 is 0 Å². The second kappa shape index (κ2) is 4.92. The smallest absolute Gasteiger partial charge is 0.316 e. The van der Waals surface area contributed by atoms with Crippen LogP contribution in [-0.2, 0) is 4.79 Å². The van der Waals surface area contributed by atoms with Crippen LogP contribution in [0.25, 0.3) is 6.08 Å². The van der Waals surface area contributed by atoms with Gasteiger partial charge in [0.05, 0.1) is 5.41 Å². The van der Waals surface area contributed by atoms with Gasteiger partial charge < -0.3 is 9.47 Å². The van der Waals surface area contributed by atoms with E-state index < -0.39 is 5.41 Å². The Morgan fingerprint density at radius 1 is 1.37 bits per heavy atom. The first kappa shape index (κ1) is 13.4. The van der Waals surface area contributed by atoms with Crippen LogP contribution in [0.15, 0.2) is 36.6 Å². The summed E-state index contributed by atoms with van der Waals surface area (Å²) in [7, 11) is 0. The van der Waals surface area contributed by atoms with E-state index in [1.807, 2.05) is 32.9 Å². The van der Waals surface area contributed by atoms with E-state index in [0.717, 1.165) is 12.0 Å². The molecule has 0 saturated heterocycles. The maximum atomic E-state index is 12.0. The summed E-state index contributed by atoms with van der Waals surface area (Å²) in [4.78, 5) is 12.0. The van der Waals surface area contributed by atoms with Gasteiger partial charge in [-0.15, -0.1) is 0 Å². The first-order valence-corrected chi connectivity index (χ1v) is 6.33. The lowest BCUT2D eigenvalue weighted by atomic mass is 9.91. The molecule has 3 nitrogen and oxygen atoms in total. The number of hydrogen-bond donors (Lipinski definition) is 0. The molecule has 0 spiro atoms. The van der Waals surface area contributed by atoms with Gasteiger partial charge in [-0.2, -0.15) is 0 Å². The number of allylic oxidation sites excluding steroid dienone is 1. The van der Waals surface area contributed by atoms with Crippen LogP contribution in [0, 0.1) is 5.41 Å². The molecule has 0 N–H and O–H groups in total. The second-order valence-electron chi connectivity index (χ2n) is 5.23. The van der Waals surface area contributed by atoms with Gasteiger partial charge in [-0.3, -0.25) is 4.79 Å². The fraction of sp³-hybridized carbons (Fsp3) is 0.312. The minimum Gasteiger partial charge on any atom is -0.457 e. The first-order valence-electron chi connectivity index (χ1n) is 6.33. The summed E-state index contributed by atoms with van der Waals surface area (Å²) < 4.78 is 10.9. The summed E-state index contributed by atoms with van der Waals surface area (Å²) in [6.07, 6.45) is 4.45. The summed E-state index contributed by atoms with van der Waals surface area (Å²) in [5.41, 5.74) is 0.460. The third-order valence-corrected chi connectivity index (χ3v) is 3.32. The van der Waals surface area contributed by atoms with Crippen molar-refractivity contribution < 1.29 is 14.3 Å². The molecule has 3 heteroatoms. The van der Waals surface area contributed by atoms with Crippen molar-refractivity contribution in [2.75, 3.05) is 0 Å². The Kier molecular flexibility index (Phi) is 3.47. The molecule has 1 aromatic carbocycles. The summed E-state index contributed by atoms with van der Waals surface area (Å²) in [6.45, 7) is 9.44. The number of benzene rings is 1. The van der Waals surface area contributed by atoms with Crippen LogP contribution < -0.4 is 9.47 Å². The highest BCUT2D eigenvalue weighted by Crippen LogP contribution is 2.32. The van der Waals surface area contributed by atoms with Crippen molar-refractivity contribution in [1.29, 1.82) is 0 Å². The van der Waals surface area contributed by atoms with E-state index in [1.54, 1.807) is 18.2 Å². The van der Waals surface area contributed by atoms with E-state index in [9.17, 15) is 4.79 Å². The van der Waals surface area contributed by atoms with Gasteiger partial charge in [0.1, 0.15) is 17.3 Å². The van der Waals surface area contributed by atoms with Crippen molar-refractivity contribution in [3.63, 3.8) is 0 Å². The lowest BCUT2D eigenvalue weighted by Crippen LogP contribution is -2.28. The molecule has 1 aliphatic heterocycles. The quantitative estimate of drug-likeness (QED) is 0.608. The Morgan fingerprint density at radius 3 is 2.79 bits per heavy atom. The lowest BCUT2D eigenvalue weighted by Gasteiger charge is -2.21. The fourth-order valence-corrected chi connectivity index (χ4v) is 1.55. The average molecular weight is 258 g/mol. The van der Waals surface area contributed by atoms with Crippen LogP contribution in [0.2, 0.25) is 0 Å². The van der Waals surface area contributed by atoms with Gasteiger partial charge in [0.2, 0.25) is 0 Å². The highest BCUT2D eigenvalue weighted by molar-refractivity contribution is 5.78. The Bertz CT molecular complexity index is 553. The summed E-state index contributed by atoms with van der Waals surface area (Å²) in [5, 5.41) is 0. The standard InChI is InChI=1S/C16H18O3/c1-5-16(3,4)15(17)19-13-9-8-12-7-6-11(2)18-14(12)10-13/h6-10H,2,5H2,1,3-4H3. The molecule has 0 saturated carbocycles. The third-order valence-electron chi connectivity index (χ3n) is 3.32. The average Bonchev–Trinajstić information content (AvgIpc) is 2.38. The maximum Gasteiger partial charge on any atom is 0.316 e. The normalized spacial score (nSPS) is 13.7. The molecular weight excluding hydrogens is 240 g/mol. The lowest BCUT2D eigenvalue weighted by molar-refractivity contribution is -0.144. The predicted molar refractivity (Wildman–Crippen MR) is 75.0 cm³/mol. The molecule has 100 valence electrons. The van der Waals surface area contributed by atoms with Gasteiger partial charge in [-0.05, 0) is 44.6 Å². The molecule has 0 fully saturated rings. The molecular formula is C16H18O3. The topological polar surface area (TPSA) is 35.5 Å². The van der Waals surface area contributed by atoms with E-state index in [0.29, 0.717) is 17.3 Å². The Labute approximate surface area is 113 Å². The minimum absolute atomic E-state index is 0.236. The zero-order valence-electron chi connectivity index (χ0n) is 11.5. The van der Waals surface area contributed by atoms with Crippen molar-refractivity contribution in [3.8, 4) is 11.5 Å². The number of hydrogen-bond acceptors (Lipinski definition) is 3. The number of ether oxygens (including phenoxy) is 2. The minimum atomic E-state index is -0.486. The monoisotopic (exact) mass is 258 g/mol. The molecule has 0 bridgehead atoms. The van der Waals surface area contributed by atoms with Gasteiger partial charge in [0.15, 0.2) is 0 Å². The largest absolute Gasteiger partial charge is 0.457 e. The maximum absolute atomic E-state index is 12.0. The van der Waals surface area contributed by atoms with Crippen LogP contribution in [0.1, 0.15) is 32.8 Å². The van der Waals surface area contributed by atoms with Crippen LogP contribution in [0.3, 0.4) is 0 Å². The van der Waals surface area contributed by atoms with Gasteiger partial charge in [0, 0.05) is 11.6 Å². The number of rotatable bonds is 3. The fourth-order valence-electron chi connectivity index (χ4n) is 1.55. The molecule has 1 heterocycles. The van der Waals surface area contributed by atoms with Gasteiger partial charge in [-0.25, -0.2) is 0 Å². The highest BCUT2D eigenvalue weighted by atomic mass is 16.5. The molecule has 0 radical (unpaired) electrons. The number of fused-ring (bicyclic) bond motifs is 1. The molecule has 0 aliphatic carbocycles. The van der Waals surface area contributed by atoms with E-state index in [4.69, 9.17) is 9.47 Å². The molecule has 0 aromatic heterocycles. The van der Waals surface area contributed by atoms with E-state index in [1.165, 1.54) is 0 Å². The summed E-state index contributed by atoms with van der Waals surface area (Å²) in [6, 6.07) is 5.34. The van der Waals surface area contributed by atoms with Crippen molar-refractivity contribution in [3.05, 3.63) is 42.2 Å². The predicted octanol–water partition coefficient (Wildman–Crippen LogP) is 3.95. The number of carbonyl (C=O) groups excluding carboxylic acids is 1. The molecule has 1 aromatic rings. The van der Waals surface area contributed by atoms with Crippen molar-refractivity contribution in [2.24, 2.45) is 5.41 Å². The molecule has 2 rings (SSSR count).